The van der Waals surface area contributed by atoms with Crippen molar-refractivity contribution in [3.8, 4) is 0 Å². The highest BCUT2D eigenvalue weighted by Crippen LogP contribution is 2.26. The van der Waals surface area contributed by atoms with E-state index >= 15 is 0 Å². The van der Waals surface area contributed by atoms with Crippen molar-refractivity contribution in [2.75, 3.05) is 17.6 Å². The number of benzene rings is 1. The van der Waals surface area contributed by atoms with Crippen LogP contribution in [0.5, 0.6) is 0 Å². The second-order valence-electron chi connectivity index (χ2n) is 5.01. The minimum absolute atomic E-state index is 0.102. The molecule has 4 heteroatoms. The molecule has 0 saturated carbocycles. The van der Waals surface area contributed by atoms with Crippen LogP contribution in [0.25, 0.3) is 0 Å². The van der Waals surface area contributed by atoms with Gasteiger partial charge in [-0.05, 0) is 30.5 Å². The van der Waals surface area contributed by atoms with Crippen molar-refractivity contribution in [1.82, 2.24) is 4.98 Å². The normalized spacial score (nSPS) is 13.4. The molecule has 1 aliphatic rings. The zero-order valence-corrected chi connectivity index (χ0v) is 11.2. The Labute approximate surface area is 118 Å². The van der Waals surface area contributed by atoms with Gasteiger partial charge in [-0.15, -0.1) is 0 Å². The number of ketones is 1. The smallest absolute Gasteiger partial charge is 0.167 e. The number of nitrogens with two attached hydrogens (primary N) is 1. The number of pyridine rings is 1. The van der Waals surface area contributed by atoms with E-state index in [0.717, 1.165) is 41.8 Å². The van der Waals surface area contributed by atoms with Crippen LogP contribution < -0.4 is 11.1 Å². The first-order valence-corrected chi connectivity index (χ1v) is 6.84. The predicted molar refractivity (Wildman–Crippen MR) is 79.9 cm³/mol. The minimum Gasteiger partial charge on any atom is -0.385 e. The molecule has 0 spiro atoms. The van der Waals surface area contributed by atoms with Crippen molar-refractivity contribution < 1.29 is 4.79 Å². The van der Waals surface area contributed by atoms with Gasteiger partial charge in [0.15, 0.2) is 5.78 Å². The van der Waals surface area contributed by atoms with Crippen LogP contribution in [0.3, 0.4) is 0 Å². The first-order chi connectivity index (χ1) is 9.75. The Hall–Kier alpha value is -2.36. The Morgan fingerprint density at radius 1 is 1.30 bits per heavy atom. The number of nitrogen functional groups attached to an aromatic ring is 1. The van der Waals surface area contributed by atoms with Crippen molar-refractivity contribution in [3.05, 3.63) is 53.2 Å². The number of hydrogen-bond donors (Lipinski definition) is 2. The molecule has 3 N–H and O–H groups in total. The van der Waals surface area contributed by atoms with Crippen LogP contribution in [0.1, 0.15) is 27.9 Å². The fourth-order valence-electron chi connectivity index (χ4n) is 2.64. The molecule has 0 unspecified atom stereocenters. The minimum atomic E-state index is 0.102. The van der Waals surface area contributed by atoms with Crippen LogP contribution in [0.2, 0.25) is 0 Å². The summed E-state index contributed by atoms with van der Waals surface area (Å²) >= 11 is 0. The fraction of sp³-hybridized carbons (Fsp3) is 0.250. The van der Waals surface area contributed by atoms with Crippen molar-refractivity contribution >= 4 is 17.3 Å². The second-order valence-corrected chi connectivity index (χ2v) is 5.01. The van der Waals surface area contributed by atoms with Gasteiger partial charge >= 0.3 is 0 Å². The maximum atomic E-state index is 12.5. The maximum absolute atomic E-state index is 12.5. The molecule has 0 radical (unpaired) electrons. The van der Waals surface area contributed by atoms with Crippen LogP contribution in [0.15, 0.2) is 36.5 Å². The Balaban J connectivity index is 1.90. The standard InChI is InChI=1S/C16H17N3O/c17-16-11(4-2-9-19-16)10-15(20)13-5-1-7-14-12(13)6-3-8-18-14/h1-2,4-5,7,9,18H,3,6,8,10H2,(H2,17,19). The van der Waals surface area contributed by atoms with E-state index in [4.69, 9.17) is 5.73 Å². The lowest BCUT2D eigenvalue weighted by atomic mass is 9.93. The molecule has 1 aliphatic heterocycles. The summed E-state index contributed by atoms with van der Waals surface area (Å²) in [5.74, 6) is 0.536. The molecule has 1 aromatic carbocycles. The molecule has 0 aliphatic carbocycles. The summed E-state index contributed by atoms with van der Waals surface area (Å²) in [6.45, 7) is 0.972. The van der Waals surface area contributed by atoms with Crippen LogP contribution in [0, 0.1) is 0 Å². The molecule has 2 aromatic rings. The zero-order chi connectivity index (χ0) is 13.9. The number of anilines is 2. The summed E-state index contributed by atoms with van der Waals surface area (Å²) in [6, 6.07) is 9.52. The second kappa shape index (κ2) is 5.33. The number of carbonyl (C=O) groups excluding carboxylic acids is 1. The van der Waals surface area contributed by atoms with E-state index in [1.165, 1.54) is 0 Å². The molecule has 4 nitrogen and oxygen atoms in total. The van der Waals surface area contributed by atoms with E-state index in [-0.39, 0.29) is 5.78 Å². The maximum Gasteiger partial charge on any atom is 0.167 e. The van der Waals surface area contributed by atoms with Gasteiger partial charge in [-0.2, -0.15) is 0 Å². The van der Waals surface area contributed by atoms with Crippen molar-refractivity contribution in [1.29, 1.82) is 0 Å². The molecular formula is C16H17N3O. The lowest BCUT2D eigenvalue weighted by Gasteiger charge is -2.20. The summed E-state index contributed by atoms with van der Waals surface area (Å²) in [6.07, 6.45) is 3.95. The van der Waals surface area contributed by atoms with Gasteiger partial charge < -0.3 is 11.1 Å². The number of Topliss-reactive ketones (excluding diaryl/α,β-unsaturated/α-hetero) is 1. The number of fused-ring (bicyclic) bond motifs is 1. The lowest BCUT2D eigenvalue weighted by Crippen LogP contribution is -2.16. The monoisotopic (exact) mass is 267 g/mol. The van der Waals surface area contributed by atoms with Gasteiger partial charge in [-0.3, -0.25) is 4.79 Å². The van der Waals surface area contributed by atoms with Crippen LogP contribution >= 0.6 is 0 Å². The first-order valence-electron chi connectivity index (χ1n) is 6.84. The van der Waals surface area contributed by atoms with E-state index in [1.54, 1.807) is 12.3 Å². The molecular weight excluding hydrogens is 250 g/mol. The molecule has 2 heterocycles. The Kier molecular flexibility index (Phi) is 3.37. The molecule has 0 amide bonds. The third-order valence-corrected chi connectivity index (χ3v) is 3.67. The van der Waals surface area contributed by atoms with Crippen molar-refractivity contribution in [2.45, 2.75) is 19.3 Å². The highest BCUT2D eigenvalue weighted by atomic mass is 16.1. The van der Waals surface area contributed by atoms with Gasteiger partial charge in [0.25, 0.3) is 0 Å². The van der Waals surface area contributed by atoms with Gasteiger partial charge in [-0.25, -0.2) is 4.98 Å². The lowest BCUT2D eigenvalue weighted by molar-refractivity contribution is 0.0992. The van der Waals surface area contributed by atoms with E-state index in [2.05, 4.69) is 10.3 Å². The average Bonchev–Trinajstić information content (AvgIpc) is 2.49. The van der Waals surface area contributed by atoms with Crippen molar-refractivity contribution in [2.24, 2.45) is 0 Å². The highest BCUT2D eigenvalue weighted by Gasteiger charge is 2.18. The molecule has 0 fully saturated rings. The summed E-state index contributed by atoms with van der Waals surface area (Å²) in [4.78, 5) is 16.6. The summed E-state index contributed by atoms with van der Waals surface area (Å²) in [7, 11) is 0. The molecule has 0 atom stereocenters. The zero-order valence-electron chi connectivity index (χ0n) is 11.2. The van der Waals surface area contributed by atoms with Crippen LogP contribution in [-0.2, 0) is 12.8 Å². The third-order valence-electron chi connectivity index (χ3n) is 3.67. The molecule has 102 valence electrons. The van der Waals surface area contributed by atoms with Gasteiger partial charge in [0, 0.05) is 36.0 Å². The molecule has 0 bridgehead atoms. The number of nitrogens with one attached hydrogen (secondary N) is 1. The van der Waals surface area contributed by atoms with E-state index in [1.807, 2.05) is 24.3 Å². The van der Waals surface area contributed by atoms with Gasteiger partial charge in [0.2, 0.25) is 0 Å². The predicted octanol–water partition coefficient (Wildman–Crippen LogP) is 2.45. The number of carbonyl (C=O) groups is 1. The van der Waals surface area contributed by atoms with Crippen molar-refractivity contribution in [3.63, 3.8) is 0 Å². The van der Waals surface area contributed by atoms with Gasteiger partial charge in [0.1, 0.15) is 5.82 Å². The summed E-state index contributed by atoms with van der Waals surface area (Å²) < 4.78 is 0. The number of rotatable bonds is 3. The average molecular weight is 267 g/mol. The Morgan fingerprint density at radius 3 is 3.05 bits per heavy atom. The molecule has 20 heavy (non-hydrogen) atoms. The number of aromatic nitrogens is 1. The highest BCUT2D eigenvalue weighted by molar-refractivity contribution is 6.00. The Bertz CT molecular complexity index is 652. The summed E-state index contributed by atoms with van der Waals surface area (Å²) in [5, 5.41) is 3.34. The van der Waals surface area contributed by atoms with E-state index in [0.29, 0.717) is 12.2 Å². The molecule has 0 saturated heterocycles. The quantitative estimate of drug-likeness (QED) is 0.838. The van der Waals surface area contributed by atoms with E-state index in [9.17, 15) is 4.79 Å². The Morgan fingerprint density at radius 2 is 2.20 bits per heavy atom. The first kappa shape index (κ1) is 12.7. The van der Waals surface area contributed by atoms with E-state index < -0.39 is 0 Å². The fourth-order valence-corrected chi connectivity index (χ4v) is 2.64. The van der Waals surface area contributed by atoms with Gasteiger partial charge in [-0.1, -0.05) is 18.2 Å². The topological polar surface area (TPSA) is 68.0 Å². The van der Waals surface area contributed by atoms with Gasteiger partial charge in [0.05, 0.1) is 0 Å². The number of hydrogen-bond acceptors (Lipinski definition) is 4. The van der Waals surface area contributed by atoms with Crippen LogP contribution in [0.4, 0.5) is 11.5 Å². The third kappa shape index (κ3) is 2.37. The molecule has 3 rings (SSSR count). The molecule has 1 aromatic heterocycles. The summed E-state index contributed by atoms with van der Waals surface area (Å²) in [5.41, 5.74) is 9.62. The largest absolute Gasteiger partial charge is 0.385 e. The van der Waals surface area contributed by atoms with Crippen LogP contribution in [-0.4, -0.2) is 17.3 Å². The number of nitrogens with zero attached hydrogens (tertiary/aromatic N) is 1. The SMILES string of the molecule is Nc1ncccc1CC(=O)c1cccc2c1CCCN2.